The van der Waals surface area contributed by atoms with Gasteiger partial charge in [0, 0.05) is 18.1 Å². The van der Waals surface area contributed by atoms with Crippen LogP contribution in [0.5, 0.6) is 0 Å². The van der Waals surface area contributed by atoms with E-state index in [2.05, 4.69) is 13.2 Å². The molecule has 1 aliphatic heterocycles. The van der Waals surface area contributed by atoms with Gasteiger partial charge in [0.2, 0.25) is 0 Å². The van der Waals surface area contributed by atoms with Gasteiger partial charge in [-0.05, 0) is 32.3 Å². The molecule has 1 N–H and O–H groups in total. The average molecular weight is 406 g/mol. The molecule has 1 heterocycles. The highest BCUT2D eigenvalue weighted by molar-refractivity contribution is 5.98. The summed E-state index contributed by atoms with van der Waals surface area (Å²) in [5.41, 5.74) is -2.22. The maximum absolute atomic E-state index is 12.7. The number of hydrogen-bond acceptors (Lipinski definition) is 8. The van der Waals surface area contributed by atoms with Crippen LogP contribution in [0.3, 0.4) is 0 Å². The SMILES string of the molecule is C=C(C)C(=O)OC1[C@@H](OC(C)=O)[C@H]2C(=C)C(=O)O[C@@H]2CC(C)/C=C\C(=O)[C@]1(C)O. The van der Waals surface area contributed by atoms with Gasteiger partial charge in [0.25, 0.3) is 0 Å². The van der Waals surface area contributed by atoms with Crippen molar-refractivity contribution < 1.29 is 38.5 Å². The number of rotatable bonds is 3. The first kappa shape index (κ1) is 22.5. The predicted molar refractivity (Wildman–Crippen MR) is 101 cm³/mol. The summed E-state index contributed by atoms with van der Waals surface area (Å²) in [6.07, 6.45) is -0.665. The Hall–Kier alpha value is -2.74. The van der Waals surface area contributed by atoms with E-state index in [0.717, 1.165) is 13.8 Å². The van der Waals surface area contributed by atoms with Crippen molar-refractivity contribution in [1.82, 2.24) is 0 Å². The molecule has 6 atom stereocenters. The van der Waals surface area contributed by atoms with E-state index in [-0.39, 0.29) is 17.1 Å². The number of carbonyl (C=O) groups excluding carboxylic acids is 4. The number of hydrogen-bond donors (Lipinski definition) is 1. The third-order valence-corrected chi connectivity index (χ3v) is 5.09. The Morgan fingerprint density at radius 3 is 2.45 bits per heavy atom. The smallest absolute Gasteiger partial charge is 0.334 e. The van der Waals surface area contributed by atoms with E-state index < -0.39 is 53.5 Å². The second kappa shape index (κ2) is 8.32. The summed E-state index contributed by atoms with van der Waals surface area (Å²) in [6, 6.07) is 0. The molecule has 8 nitrogen and oxygen atoms in total. The van der Waals surface area contributed by atoms with E-state index in [1.807, 2.05) is 6.92 Å². The van der Waals surface area contributed by atoms with Crippen molar-refractivity contribution >= 4 is 23.7 Å². The first-order valence-electron chi connectivity index (χ1n) is 9.24. The maximum Gasteiger partial charge on any atom is 0.334 e. The van der Waals surface area contributed by atoms with Gasteiger partial charge in [-0.3, -0.25) is 9.59 Å². The molecule has 0 amide bonds. The minimum Gasteiger partial charge on any atom is -0.458 e. The van der Waals surface area contributed by atoms with Crippen molar-refractivity contribution in [3.63, 3.8) is 0 Å². The second-order valence-electron chi connectivity index (χ2n) is 7.76. The van der Waals surface area contributed by atoms with Crippen molar-refractivity contribution in [3.05, 3.63) is 36.5 Å². The van der Waals surface area contributed by atoms with Crippen LogP contribution in [0.25, 0.3) is 0 Å². The van der Waals surface area contributed by atoms with E-state index in [1.54, 1.807) is 6.08 Å². The lowest BCUT2D eigenvalue weighted by atomic mass is 9.77. The maximum atomic E-state index is 12.7. The van der Waals surface area contributed by atoms with E-state index in [9.17, 15) is 24.3 Å². The van der Waals surface area contributed by atoms with Gasteiger partial charge in [0.05, 0.1) is 5.92 Å². The summed E-state index contributed by atoms with van der Waals surface area (Å²) in [6.45, 7) is 12.7. The van der Waals surface area contributed by atoms with Crippen molar-refractivity contribution in [1.29, 1.82) is 0 Å². The van der Waals surface area contributed by atoms with Crippen LogP contribution in [0.4, 0.5) is 0 Å². The molecule has 1 fully saturated rings. The molecule has 1 saturated heterocycles. The van der Waals surface area contributed by atoms with Crippen LogP contribution in [0.1, 0.15) is 34.1 Å². The normalized spacial score (nSPS) is 35.9. The Morgan fingerprint density at radius 1 is 1.28 bits per heavy atom. The lowest BCUT2D eigenvalue weighted by molar-refractivity contribution is -0.194. The minimum atomic E-state index is -2.25. The molecule has 0 saturated carbocycles. The zero-order chi connectivity index (χ0) is 22.1. The number of ketones is 1. The van der Waals surface area contributed by atoms with Gasteiger partial charge >= 0.3 is 17.9 Å². The first-order valence-corrected chi connectivity index (χ1v) is 9.24. The molecule has 29 heavy (non-hydrogen) atoms. The standard InChI is InChI=1S/C21H26O8/c1-10(2)19(24)29-18-17(27-13(5)22)16-12(4)20(25)28-14(16)9-11(3)7-8-15(23)21(18,6)26/h7-8,11,14,16-18,26H,1,4,9H2,2-3,5-6H3/b8-7-/t11?,14-,16+,17+,18?,21+/m1/s1. The fraction of sp³-hybridized carbons (Fsp3) is 0.524. The van der Waals surface area contributed by atoms with E-state index >= 15 is 0 Å². The molecule has 0 aromatic rings. The third-order valence-electron chi connectivity index (χ3n) is 5.09. The summed E-state index contributed by atoms with van der Waals surface area (Å²) < 4.78 is 16.2. The molecule has 0 radical (unpaired) electrons. The molecular weight excluding hydrogens is 380 g/mol. The molecule has 1 aliphatic carbocycles. The van der Waals surface area contributed by atoms with Gasteiger partial charge in [-0.1, -0.05) is 26.2 Å². The highest BCUT2D eigenvalue weighted by Gasteiger charge is 2.55. The summed E-state index contributed by atoms with van der Waals surface area (Å²) in [4.78, 5) is 49.0. The highest BCUT2D eigenvalue weighted by atomic mass is 16.6. The van der Waals surface area contributed by atoms with E-state index in [0.29, 0.717) is 6.42 Å². The number of aliphatic hydroxyl groups is 1. The monoisotopic (exact) mass is 406 g/mol. The Balaban J connectivity index is 2.67. The van der Waals surface area contributed by atoms with Gasteiger partial charge in [-0.15, -0.1) is 0 Å². The van der Waals surface area contributed by atoms with E-state index in [1.165, 1.54) is 13.0 Å². The molecule has 8 heteroatoms. The third kappa shape index (κ3) is 4.64. The van der Waals surface area contributed by atoms with Gasteiger partial charge < -0.3 is 19.3 Å². The first-order chi connectivity index (χ1) is 13.4. The quantitative estimate of drug-likeness (QED) is 0.425. The summed E-state index contributed by atoms with van der Waals surface area (Å²) in [7, 11) is 0. The van der Waals surface area contributed by atoms with Crippen molar-refractivity contribution in [2.24, 2.45) is 11.8 Å². The largest absolute Gasteiger partial charge is 0.458 e. The van der Waals surface area contributed by atoms with E-state index in [4.69, 9.17) is 14.2 Å². The zero-order valence-electron chi connectivity index (χ0n) is 17.0. The summed E-state index contributed by atoms with van der Waals surface area (Å²) in [5.74, 6) is -4.15. The van der Waals surface area contributed by atoms with Crippen molar-refractivity contribution in [3.8, 4) is 0 Å². The van der Waals surface area contributed by atoms with Crippen molar-refractivity contribution in [2.45, 2.75) is 58.0 Å². The summed E-state index contributed by atoms with van der Waals surface area (Å²) >= 11 is 0. The molecular formula is C21H26O8. The molecule has 2 aliphatic rings. The van der Waals surface area contributed by atoms with Crippen LogP contribution >= 0.6 is 0 Å². The molecule has 0 aromatic carbocycles. The predicted octanol–water partition coefficient (Wildman–Crippen LogP) is 1.42. The fourth-order valence-corrected chi connectivity index (χ4v) is 3.49. The second-order valence-corrected chi connectivity index (χ2v) is 7.76. The molecule has 2 unspecified atom stereocenters. The number of ether oxygens (including phenoxy) is 3. The topological polar surface area (TPSA) is 116 Å². The lowest BCUT2D eigenvalue weighted by Crippen LogP contribution is -2.58. The number of carbonyl (C=O) groups is 4. The Labute approximate surface area is 169 Å². The van der Waals surface area contributed by atoms with Crippen LogP contribution in [-0.2, 0) is 33.4 Å². The van der Waals surface area contributed by atoms with Gasteiger partial charge in [-0.25, -0.2) is 9.59 Å². The van der Waals surface area contributed by atoms with Crippen LogP contribution in [-0.4, -0.2) is 52.7 Å². The fourth-order valence-electron chi connectivity index (χ4n) is 3.49. The van der Waals surface area contributed by atoms with Crippen LogP contribution in [0.15, 0.2) is 36.5 Å². The van der Waals surface area contributed by atoms with Gasteiger partial charge in [-0.2, -0.15) is 0 Å². The molecule has 0 bridgehead atoms. The van der Waals surface area contributed by atoms with Crippen LogP contribution < -0.4 is 0 Å². The zero-order valence-corrected chi connectivity index (χ0v) is 17.0. The Kier molecular flexibility index (Phi) is 6.47. The Bertz CT molecular complexity index is 791. The molecule has 0 spiro atoms. The van der Waals surface area contributed by atoms with Crippen LogP contribution in [0.2, 0.25) is 0 Å². The Morgan fingerprint density at radius 2 is 1.90 bits per heavy atom. The lowest BCUT2D eigenvalue weighted by Gasteiger charge is -2.39. The van der Waals surface area contributed by atoms with Gasteiger partial charge in [0.1, 0.15) is 6.10 Å². The molecule has 0 aromatic heterocycles. The number of esters is 3. The highest BCUT2D eigenvalue weighted by Crippen LogP contribution is 2.40. The van der Waals surface area contributed by atoms with Crippen molar-refractivity contribution in [2.75, 3.05) is 0 Å². The molecule has 2 rings (SSSR count). The van der Waals surface area contributed by atoms with Gasteiger partial charge in [0.15, 0.2) is 23.6 Å². The van der Waals surface area contributed by atoms with Crippen LogP contribution in [0, 0.1) is 11.8 Å². The average Bonchev–Trinajstić information content (AvgIpc) is 2.88. The number of allylic oxidation sites excluding steroid dienone is 1. The minimum absolute atomic E-state index is 0.0117. The molecule has 158 valence electrons. The number of fused-ring (bicyclic) bond motifs is 1. The summed E-state index contributed by atoms with van der Waals surface area (Å²) in [5, 5.41) is 11.0.